The summed E-state index contributed by atoms with van der Waals surface area (Å²) in [4.78, 5) is 7.41. The maximum Gasteiger partial charge on any atom is 0.415 e. The third-order valence-corrected chi connectivity index (χ3v) is 4.43. The van der Waals surface area contributed by atoms with Gasteiger partial charge >= 0.3 is 6.18 Å². The van der Waals surface area contributed by atoms with E-state index < -0.39 is 42.4 Å². The van der Waals surface area contributed by atoms with Crippen molar-refractivity contribution in [1.82, 2.24) is 5.32 Å². The Labute approximate surface area is 175 Å². The van der Waals surface area contributed by atoms with Gasteiger partial charge in [-0.3, -0.25) is 0 Å². The second kappa shape index (κ2) is 9.55. The smallest absolute Gasteiger partial charge is 0.372 e. The third-order valence-electron chi connectivity index (χ3n) is 4.43. The minimum Gasteiger partial charge on any atom is -0.372 e. The van der Waals surface area contributed by atoms with Gasteiger partial charge in [0.2, 0.25) is 5.96 Å². The molecule has 1 fully saturated rings. The molecule has 0 saturated heterocycles. The molecular formula is C19H20F5N7. The number of benzene rings is 1. The van der Waals surface area contributed by atoms with E-state index in [0.29, 0.717) is 11.3 Å². The highest BCUT2D eigenvalue weighted by Gasteiger charge is 2.46. The molecule has 1 aliphatic carbocycles. The summed E-state index contributed by atoms with van der Waals surface area (Å²) in [6.45, 7) is 4.03. The zero-order valence-corrected chi connectivity index (χ0v) is 16.4. The topological polar surface area (TPSA) is 108 Å². The molecule has 1 aromatic carbocycles. The summed E-state index contributed by atoms with van der Waals surface area (Å²) in [5, 5.41) is 24.2. The Morgan fingerprint density at radius 2 is 2.00 bits per heavy atom. The SMILES string of the molecule is C=NC(=N/C(NC1CC(F)(F)C1)=C(\C)C(F)(F)F)Nc1cccc(NCC#N)c1C=N. The third kappa shape index (κ3) is 6.24. The molecular weight excluding hydrogens is 421 g/mol. The Hall–Kier alpha value is -3.49. The molecule has 2 rings (SSSR count). The van der Waals surface area contributed by atoms with Crippen molar-refractivity contribution >= 4 is 30.3 Å². The molecule has 166 valence electrons. The van der Waals surface area contributed by atoms with E-state index in [2.05, 4.69) is 32.7 Å². The second-order valence-corrected chi connectivity index (χ2v) is 6.72. The molecule has 31 heavy (non-hydrogen) atoms. The van der Waals surface area contributed by atoms with Gasteiger partial charge in [-0.15, -0.1) is 0 Å². The van der Waals surface area contributed by atoms with Crippen molar-refractivity contribution in [3.63, 3.8) is 0 Å². The molecule has 0 amide bonds. The minimum atomic E-state index is -4.74. The molecule has 0 aromatic heterocycles. The highest BCUT2D eigenvalue weighted by atomic mass is 19.4. The molecule has 0 atom stereocenters. The fraction of sp³-hybridized carbons (Fsp3) is 0.368. The first kappa shape index (κ1) is 23.8. The number of nitrogens with one attached hydrogen (secondary N) is 4. The van der Waals surface area contributed by atoms with Crippen molar-refractivity contribution < 1.29 is 22.0 Å². The lowest BCUT2D eigenvalue weighted by atomic mass is 9.88. The van der Waals surface area contributed by atoms with Gasteiger partial charge in [0.15, 0.2) is 0 Å². The van der Waals surface area contributed by atoms with Gasteiger partial charge in [-0.1, -0.05) is 6.07 Å². The normalized spacial score (nSPS) is 17.0. The first-order chi connectivity index (χ1) is 14.5. The van der Waals surface area contributed by atoms with Crippen LogP contribution in [0.25, 0.3) is 0 Å². The van der Waals surface area contributed by atoms with Crippen LogP contribution in [0, 0.1) is 16.7 Å². The van der Waals surface area contributed by atoms with Crippen LogP contribution in [-0.2, 0) is 0 Å². The summed E-state index contributed by atoms with van der Waals surface area (Å²) in [5.41, 5.74) is -0.105. The molecule has 12 heteroatoms. The highest BCUT2D eigenvalue weighted by molar-refractivity contribution is 6.03. The summed E-state index contributed by atoms with van der Waals surface area (Å²) in [6, 6.07) is 5.75. The van der Waals surface area contributed by atoms with Crippen LogP contribution in [0.1, 0.15) is 25.3 Å². The Morgan fingerprint density at radius 3 is 2.52 bits per heavy atom. The van der Waals surface area contributed by atoms with E-state index in [4.69, 9.17) is 10.7 Å². The Kier molecular flexibility index (Phi) is 7.32. The maximum absolute atomic E-state index is 13.2. The zero-order chi connectivity index (χ0) is 23.2. The lowest BCUT2D eigenvalue weighted by molar-refractivity contribution is -0.0965. The van der Waals surface area contributed by atoms with Gasteiger partial charge in [0.25, 0.3) is 5.92 Å². The molecule has 1 aliphatic rings. The molecule has 0 aliphatic heterocycles. The number of hydrogen-bond donors (Lipinski definition) is 4. The molecule has 0 spiro atoms. The van der Waals surface area contributed by atoms with Crippen molar-refractivity contribution in [3.05, 3.63) is 35.2 Å². The van der Waals surface area contributed by atoms with Crippen LogP contribution < -0.4 is 16.0 Å². The van der Waals surface area contributed by atoms with Crippen LogP contribution in [0.15, 0.2) is 39.6 Å². The number of nitriles is 1. The number of anilines is 2. The fourth-order valence-corrected chi connectivity index (χ4v) is 2.76. The summed E-state index contributed by atoms with van der Waals surface area (Å²) in [7, 11) is 0. The Bertz CT molecular complexity index is 936. The fourth-order valence-electron chi connectivity index (χ4n) is 2.76. The van der Waals surface area contributed by atoms with E-state index in [1.165, 1.54) is 6.07 Å². The van der Waals surface area contributed by atoms with Crippen LogP contribution in [0.2, 0.25) is 0 Å². The van der Waals surface area contributed by atoms with Crippen molar-refractivity contribution in [2.75, 3.05) is 17.2 Å². The Morgan fingerprint density at radius 1 is 1.35 bits per heavy atom. The number of aliphatic imine (C=N–C) groups is 2. The molecule has 4 N–H and O–H groups in total. The lowest BCUT2D eigenvalue weighted by Crippen LogP contribution is -2.48. The van der Waals surface area contributed by atoms with E-state index in [0.717, 1.165) is 13.1 Å². The summed E-state index contributed by atoms with van der Waals surface area (Å²) < 4.78 is 65.9. The van der Waals surface area contributed by atoms with Crippen molar-refractivity contribution in [3.8, 4) is 6.07 Å². The Balaban J connectivity index is 2.37. The van der Waals surface area contributed by atoms with Crippen molar-refractivity contribution in [2.24, 2.45) is 9.98 Å². The number of rotatable bonds is 7. The summed E-state index contributed by atoms with van der Waals surface area (Å²) in [5.74, 6) is -3.91. The zero-order valence-electron chi connectivity index (χ0n) is 16.4. The predicted octanol–water partition coefficient (Wildman–Crippen LogP) is 4.27. The predicted molar refractivity (Wildman–Crippen MR) is 109 cm³/mol. The number of allylic oxidation sites excluding steroid dienone is 1. The van der Waals surface area contributed by atoms with Crippen LogP contribution in [-0.4, -0.2) is 43.6 Å². The molecule has 0 heterocycles. The van der Waals surface area contributed by atoms with Gasteiger partial charge in [-0.05, 0) is 25.8 Å². The number of alkyl halides is 5. The van der Waals surface area contributed by atoms with Gasteiger partial charge in [0, 0.05) is 36.3 Å². The van der Waals surface area contributed by atoms with Gasteiger partial charge in [-0.2, -0.15) is 23.4 Å². The highest BCUT2D eigenvalue weighted by Crippen LogP contribution is 2.38. The standard InChI is InChI=1S/C19H20F5N7/c1-11(19(22,23)24)16(29-12-8-18(20,21)9-12)31-17(27-2)30-15-5-3-4-14(13(15)10-26)28-7-6-25/h3-5,10,12,26,28-29H,2,7-9H2,1H3,(H,30,31)/b16-11+,26-10?. The molecule has 0 bridgehead atoms. The first-order valence-corrected chi connectivity index (χ1v) is 9.00. The van der Waals surface area contributed by atoms with E-state index in [-0.39, 0.29) is 18.2 Å². The number of halogens is 5. The number of nitrogens with zero attached hydrogens (tertiary/aromatic N) is 3. The van der Waals surface area contributed by atoms with E-state index in [9.17, 15) is 22.0 Å². The van der Waals surface area contributed by atoms with Crippen LogP contribution >= 0.6 is 0 Å². The molecule has 1 saturated carbocycles. The van der Waals surface area contributed by atoms with E-state index in [1.807, 2.05) is 6.07 Å². The van der Waals surface area contributed by atoms with Gasteiger partial charge < -0.3 is 21.4 Å². The van der Waals surface area contributed by atoms with Crippen LogP contribution in [0.4, 0.5) is 33.3 Å². The lowest BCUT2D eigenvalue weighted by Gasteiger charge is -2.36. The van der Waals surface area contributed by atoms with Crippen LogP contribution in [0.3, 0.4) is 0 Å². The average molecular weight is 441 g/mol. The monoisotopic (exact) mass is 441 g/mol. The molecule has 0 radical (unpaired) electrons. The van der Waals surface area contributed by atoms with Gasteiger partial charge in [0.05, 0.1) is 17.3 Å². The number of guanidine groups is 1. The second-order valence-electron chi connectivity index (χ2n) is 6.72. The minimum absolute atomic E-state index is 0.0292. The van der Waals surface area contributed by atoms with Crippen molar-refractivity contribution in [2.45, 2.75) is 37.9 Å². The largest absolute Gasteiger partial charge is 0.415 e. The summed E-state index contributed by atoms with van der Waals surface area (Å²) in [6.07, 6.45) is -4.97. The molecule has 1 aromatic rings. The van der Waals surface area contributed by atoms with E-state index >= 15 is 0 Å². The molecule has 7 nitrogen and oxygen atoms in total. The van der Waals surface area contributed by atoms with Crippen LogP contribution in [0.5, 0.6) is 0 Å². The number of hydrogen-bond acceptors (Lipinski definition) is 5. The summed E-state index contributed by atoms with van der Waals surface area (Å²) >= 11 is 0. The maximum atomic E-state index is 13.2. The van der Waals surface area contributed by atoms with Gasteiger partial charge in [-0.25, -0.2) is 13.8 Å². The average Bonchev–Trinajstić information content (AvgIpc) is 2.68. The first-order valence-electron chi connectivity index (χ1n) is 9.00. The van der Waals surface area contributed by atoms with Gasteiger partial charge in [0.1, 0.15) is 12.4 Å². The van der Waals surface area contributed by atoms with Crippen molar-refractivity contribution in [1.29, 1.82) is 10.7 Å². The quantitative estimate of drug-likeness (QED) is 0.219. The van der Waals surface area contributed by atoms with E-state index in [1.54, 1.807) is 12.1 Å². The molecule has 0 unspecified atom stereocenters.